The van der Waals surface area contributed by atoms with Crippen LogP contribution in [0.2, 0.25) is 0 Å². The van der Waals surface area contributed by atoms with E-state index in [9.17, 15) is 4.79 Å². The fourth-order valence-electron chi connectivity index (χ4n) is 5.07. The number of fused-ring (bicyclic) bond motifs is 1. The molecule has 1 atom stereocenters. The Morgan fingerprint density at radius 2 is 1.69 bits per heavy atom. The van der Waals surface area contributed by atoms with Gasteiger partial charge in [-0.3, -0.25) is 4.79 Å². The number of aromatic nitrogens is 3. The fraction of sp³-hybridized carbons (Fsp3) is 0.343. The third-order valence-electron chi connectivity index (χ3n) is 7.34. The van der Waals surface area contributed by atoms with Crippen molar-refractivity contribution in [3.05, 3.63) is 94.7 Å². The number of anilines is 2. The molecule has 1 aromatic heterocycles. The summed E-state index contributed by atoms with van der Waals surface area (Å²) in [4.78, 5) is 18.9. The molecule has 4 aromatic rings. The zero-order valence-electron chi connectivity index (χ0n) is 26.6. The number of benzene rings is 3. The Labute approximate surface area is 269 Å². The van der Waals surface area contributed by atoms with Crippen LogP contribution in [0.15, 0.2) is 83.2 Å². The van der Waals surface area contributed by atoms with Crippen LogP contribution in [-0.4, -0.2) is 39.6 Å². The average molecular weight is 628 g/mol. The molecule has 1 amide bonds. The normalized spacial score (nSPS) is 14.0. The Morgan fingerprint density at radius 1 is 0.933 bits per heavy atom. The number of ether oxygens (including phenoxy) is 3. The third kappa shape index (κ3) is 7.62. The number of carbonyl (C=O) groups excluding carboxylic acids is 1. The quantitative estimate of drug-likeness (QED) is 0.108. The van der Waals surface area contributed by atoms with E-state index in [4.69, 9.17) is 24.3 Å². The van der Waals surface area contributed by atoms with Gasteiger partial charge in [-0.1, -0.05) is 73.1 Å². The van der Waals surface area contributed by atoms with E-state index >= 15 is 0 Å². The van der Waals surface area contributed by atoms with Crippen molar-refractivity contribution in [1.82, 2.24) is 14.8 Å². The number of para-hydroxylation sites is 2. The van der Waals surface area contributed by atoms with E-state index in [1.165, 1.54) is 5.56 Å². The maximum absolute atomic E-state index is 14.1. The second-order valence-electron chi connectivity index (χ2n) is 10.7. The summed E-state index contributed by atoms with van der Waals surface area (Å²) in [6.07, 6.45) is 2.16. The predicted octanol–water partition coefficient (Wildman–Crippen LogP) is 7.78. The first-order chi connectivity index (χ1) is 21.9. The van der Waals surface area contributed by atoms with E-state index < -0.39 is 6.04 Å². The van der Waals surface area contributed by atoms with Gasteiger partial charge in [0.05, 0.1) is 24.5 Å². The Kier molecular flexibility index (Phi) is 10.7. The van der Waals surface area contributed by atoms with Crippen molar-refractivity contribution >= 4 is 29.3 Å². The molecule has 236 valence electrons. The average Bonchev–Trinajstić information content (AvgIpc) is 3.44. The van der Waals surface area contributed by atoms with E-state index in [2.05, 4.69) is 48.7 Å². The van der Waals surface area contributed by atoms with E-state index in [0.717, 1.165) is 29.7 Å². The molecule has 1 aliphatic rings. The first-order valence-electron chi connectivity index (χ1n) is 15.5. The molecule has 0 aliphatic carbocycles. The topological polar surface area (TPSA) is 99.5 Å². The summed E-state index contributed by atoms with van der Waals surface area (Å²) >= 11 is 1.61. The van der Waals surface area contributed by atoms with Crippen LogP contribution in [0.25, 0.3) is 0 Å². The maximum Gasteiger partial charge on any atom is 0.255 e. The molecule has 45 heavy (non-hydrogen) atoms. The highest BCUT2D eigenvalue weighted by molar-refractivity contribution is 7.99. The highest BCUT2D eigenvalue weighted by atomic mass is 32.2. The van der Waals surface area contributed by atoms with Gasteiger partial charge in [-0.25, -0.2) is 4.68 Å². The molecular formula is C35H41N5O4S. The zero-order chi connectivity index (χ0) is 31.8. The summed E-state index contributed by atoms with van der Waals surface area (Å²) in [6, 6.07) is 20.9. The number of nitrogens with one attached hydrogen (secondary N) is 2. The first-order valence-corrected chi connectivity index (χ1v) is 16.5. The summed E-state index contributed by atoms with van der Waals surface area (Å²) in [5, 5.41) is 12.0. The van der Waals surface area contributed by atoms with Crippen LogP contribution in [0.1, 0.15) is 63.3 Å². The molecule has 10 heteroatoms. The number of aryl methyl sites for hydroxylation is 1. The van der Waals surface area contributed by atoms with Crippen LogP contribution in [-0.2, 0) is 11.4 Å². The van der Waals surface area contributed by atoms with Gasteiger partial charge in [0.1, 0.15) is 18.4 Å². The van der Waals surface area contributed by atoms with Crippen LogP contribution in [0.5, 0.6) is 17.2 Å². The molecule has 2 N–H and O–H groups in total. The molecule has 0 saturated heterocycles. The molecule has 0 saturated carbocycles. The number of unbranched alkanes of at least 4 members (excludes halogenated alkanes) is 1. The van der Waals surface area contributed by atoms with Gasteiger partial charge >= 0.3 is 0 Å². The molecule has 0 radical (unpaired) electrons. The van der Waals surface area contributed by atoms with Crippen molar-refractivity contribution < 1.29 is 19.0 Å². The lowest BCUT2D eigenvalue weighted by Crippen LogP contribution is -2.31. The maximum atomic E-state index is 14.1. The second kappa shape index (κ2) is 15.0. The second-order valence-corrected chi connectivity index (χ2v) is 11.8. The van der Waals surface area contributed by atoms with Crippen LogP contribution in [0.4, 0.5) is 11.6 Å². The number of allylic oxidation sites excluding steroid dienone is 1. The minimum absolute atomic E-state index is 0.267. The van der Waals surface area contributed by atoms with Crippen molar-refractivity contribution in [3.8, 4) is 17.2 Å². The summed E-state index contributed by atoms with van der Waals surface area (Å²) in [5.74, 6) is 3.06. The van der Waals surface area contributed by atoms with Crippen LogP contribution < -0.4 is 24.8 Å². The largest absolute Gasteiger partial charge is 0.492 e. The Balaban J connectivity index is 1.52. The summed E-state index contributed by atoms with van der Waals surface area (Å²) in [6.45, 7) is 11.3. The number of nitrogens with zero attached hydrogens (tertiary/aromatic N) is 3. The number of hydrogen-bond donors (Lipinski definition) is 2. The lowest BCUT2D eigenvalue weighted by molar-refractivity contribution is -0.113. The molecule has 0 fully saturated rings. The van der Waals surface area contributed by atoms with E-state index in [-0.39, 0.29) is 5.91 Å². The van der Waals surface area contributed by atoms with Gasteiger partial charge in [-0.2, -0.15) is 4.98 Å². The van der Waals surface area contributed by atoms with Crippen LogP contribution in [0, 0.1) is 6.92 Å². The number of carbonyl (C=O) groups is 1. The monoisotopic (exact) mass is 627 g/mol. The molecule has 2 heterocycles. The molecular weight excluding hydrogens is 586 g/mol. The Morgan fingerprint density at radius 3 is 2.44 bits per heavy atom. The fourth-order valence-corrected chi connectivity index (χ4v) is 5.98. The lowest BCUT2D eigenvalue weighted by Gasteiger charge is -2.29. The summed E-state index contributed by atoms with van der Waals surface area (Å²) < 4.78 is 19.9. The van der Waals surface area contributed by atoms with E-state index in [1.807, 2.05) is 63.2 Å². The first kappa shape index (κ1) is 32.0. The third-order valence-corrected chi connectivity index (χ3v) is 8.26. The number of amides is 1. The zero-order valence-corrected chi connectivity index (χ0v) is 27.4. The van der Waals surface area contributed by atoms with Crippen molar-refractivity contribution in [3.63, 3.8) is 0 Å². The minimum Gasteiger partial charge on any atom is -0.492 e. The molecule has 1 unspecified atom stereocenters. The smallest absolute Gasteiger partial charge is 0.255 e. The van der Waals surface area contributed by atoms with Crippen LogP contribution >= 0.6 is 11.8 Å². The highest BCUT2D eigenvalue weighted by Crippen LogP contribution is 2.40. The van der Waals surface area contributed by atoms with Gasteiger partial charge in [-0.05, 0) is 69.5 Å². The van der Waals surface area contributed by atoms with Gasteiger partial charge in [0, 0.05) is 11.4 Å². The lowest BCUT2D eigenvalue weighted by atomic mass is 9.94. The molecule has 3 aromatic carbocycles. The number of hydrogen-bond acceptors (Lipinski definition) is 8. The van der Waals surface area contributed by atoms with Crippen LogP contribution in [0.3, 0.4) is 0 Å². The van der Waals surface area contributed by atoms with Gasteiger partial charge < -0.3 is 24.8 Å². The van der Waals surface area contributed by atoms with Crippen molar-refractivity contribution in [2.75, 3.05) is 29.6 Å². The van der Waals surface area contributed by atoms with Gasteiger partial charge in [0.15, 0.2) is 11.5 Å². The SMILES string of the molecule is CCCCSc1nc2n(n1)C(c1ccc(OCc3ccc(C)cc3)c(OCC)c1)C(C(=O)Nc1ccccc1OCC)=C(C)N2. The predicted molar refractivity (Wildman–Crippen MR) is 179 cm³/mol. The van der Waals surface area contributed by atoms with Gasteiger partial charge in [-0.15, -0.1) is 5.10 Å². The van der Waals surface area contributed by atoms with E-state index in [0.29, 0.717) is 65.1 Å². The van der Waals surface area contributed by atoms with Crippen molar-refractivity contribution in [2.45, 2.75) is 65.3 Å². The Hall–Kier alpha value is -4.44. The van der Waals surface area contributed by atoms with Gasteiger partial charge in [0.25, 0.3) is 5.91 Å². The molecule has 0 spiro atoms. The van der Waals surface area contributed by atoms with Crippen molar-refractivity contribution in [1.29, 1.82) is 0 Å². The Bertz CT molecular complexity index is 1650. The summed E-state index contributed by atoms with van der Waals surface area (Å²) in [7, 11) is 0. The van der Waals surface area contributed by atoms with E-state index in [1.54, 1.807) is 16.4 Å². The van der Waals surface area contributed by atoms with Crippen molar-refractivity contribution in [2.24, 2.45) is 0 Å². The number of thioether (sulfide) groups is 1. The molecule has 9 nitrogen and oxygen atoms in total. The standard InChI is InChI=1S/C35H41N5O4S/c1-6-9-20-45-35-38-34-36-24(5)31(33(41)37-27-12-10-11-13-28(27)42-7-2)32(40(34)39-35)26-18-19-29(30(21-26)43-8-3)44-22-25-16-14-23(4)15-17-25/h10-19,21,32H,6-9,20,22H2,1-5H3,(H,37,41)(H,36,38,39). The molecule has 5 rings (SSSR count). The molecule has 0 bridgehead atoms. The summed E-state index contributed by atoms with van der Waals surface area (Å²) in [5.41, 5.74) is 4.88. The molecule has 1 aliphatic heterocycles. The number of rotatable bonds is 14. The van der Waals surface area contributed by atoms with Gasteiger partial charge in [0.2, 0.25) is 11.1 Å². The minimum atomic E-state index is -0.570. The highest BCUT2D eigenvalue weighted by Gasteiger charge is 2.35.